The van der Waals surface area contributed by atoms with Crippen LogP contribution in [0.2, 0.25) is 0 Å². The fourth-order valence-electron chi connectivity index (χ4n) is 2.21. The summed E-state index contributed by atoms with van der Waals surface area (Å²) in [6, 6.07) is 0. The number of rotatable bonds is 3. The van der Waals surface area contributed by atoms with E-state index in [2.05, 4.69) is 9.97 Å². The predicted octanol–water partition coefficient (Wildman–Crippen LogP) is 1.48. The Morgan fingerprint density at radius 1 is 1.53 bits per heavy atom. The highest BCUT2D eigenvalue weighted by atomic mass is 16.4. The minimum atomic E-state index is -0.713. The summed E-state index contributed by atoms with van der Waals surface area (Å²) < 4.78 is 0. The molecule has 1 N–H and O–H groups in total. The van der Waals surface area contributed by atoms with Gasteiger partial charge in [0.15, 0.2) is 0 Å². The lowest BCUT2D eigenvalue weighted by atomic mass is 9.84. The Kier molecular flexibility index (Phi) is 3.00. The molecule has 1 aromatic heterocycles. The molecule has 1 unspecified atom stereocenters. The number of hydrogen-bond donors (Lipinski definition) is 1. The first-order valence-corrected chi connectivity index (χ1v) is 5.84. The van der Waals surface area contributed by atoms with Crippen LogP contribution < -0.4 is 4.90 Å². The summed E-state index contributed by atoms with van der Waals surface area (Å²) in [6.45, 7) is 5.07. The zero-order valence-electron chi connectivity index (χ0n) is 10.2. The van der Waals surface area contributed by atoms with Gasteiger partial charge in [-0.1, -0.05) is 6.92 Å². The number of aromatic nitrogens is 2. The lowest BCUT2D eigenvalue weighted by Crippen LogP contribution is -2.34. The molecule has 0 saturated carbocycles. The summed E-state index contributed by atoms with van der Waals surface area (Å²) in [5, 5.41) is 9.31. The van der Waals surface area contributed by atoms with Gasteiger partial charge in [-0.15, -0.1) is 0 Å². The normalized spacial score (nSPS) is 24.0. The first-order valence-electron chi connectivity index (χ1n) is 5.84. The van der Waals surface area contributed by atoms with Crippen molar-refractivity contribution in [1.29, 1.82) is 0 Å². The fraction of sp³-hybridized carbons (Fsp3) is 0.583. The smallest absolute Gasteiger partial charge is 0.311 e. The molecule has 0 radical (unpaired) electrons. The van der Waals surface area contributed by atoms with Crippen LogP contribution in [0, 0.1) is 12.3 Å². The van der Waals surface area contributed by atoms with E-state index in [0.717, 1.165) is 5.56 Å². The average Bonchev–Trinajstić information content (AvgIpc) is 2.75. The van der Waals surface area contributed by atoms with E-state index in [-0.39, 0.29) is 0 Å². The van der Waals surface area contributed by atoms with E-state index < -0.39 is 11.4 Å². The zero-order valence-corrected chi connectivity index (χ0v) is 10.2. The highest BCUT2D eigenvalue weighted by Gasteiger charge is 2.43. The third-order valence-electron chi connectivity index (χ3n) is 3.53. The lowest BCUT2D eigenvalue weighted by molar-refractivity contribution is -0.147. The van der Waals surface area contributed by atoms with E-state index in [1.807, 2.05) is 18.7 Å². The van der Waals surface area contributed by atoms with Crippen LogP contribution in [-0.4, -0.2) is 34.1 Å². The molecule has 1 fully saturated rings. The Labute approximate surface area is 100 Å². The van der Waals surface area contributed by atoms with Crippen molar-refractivity contribution in [2.24, 2.45) is 5.41 Å². The number of carboxylic acids is 1. The summed E-state index contributed by atoms with van der Waals surface area (Å²) in [5.41, 5.74) is 0.377. The van der Waals surface area contributed by atoms with Crippen molar-refractivity contribution in [2.45, 2.75) is 26.7 Å². The number of anilines is 1. The van der Waals surface area contributed by atoms with Gasteiger partial charge < -0.3 is 10.0 Å². The van der Waals surface area contributed by atoms with Crippen molar-refractivity contribution in [2.75, 3.05) is 18.0 Å². The van der Waals surface area contributed by atoms with E-state index in [1.54, 1.807) is 12.4 Å². The summed E-state index contributed by atoms with van der Waals surface area (Å²) in [4.78, 5) is 21.8. The predicted molar refractivity (Wildman–Crippen MR) is 64.0 cm³/mol. The van der Waals surface area contributed by atoms with Crippen LogP contribution in [0.5, 0.6) is 0 Å². The van der Waals surface area contributed by atoms with Crippen molar-refractivity contribution >= 4 is 11.9 Å². The number of nitrogens with zero attached hydrogens (tertiary/aromatic N) is 3. The first-order chi connectivity index (χ1) is 8.07. The molecule has 92 valence electrons. The van der Waals surface area contributed by atoms with Gasteiger partial charge in [-0.05, 0) is 25.3 Å². The summed E-state index contributed by atoms with van der Waals surface area (Å²) in [7, 11) is 0. The van der Waals surface area contributed by atoms with Crippen LogP contribution in [0.15, 0.2) is 12.4 Å². The molecule has 2 heterocycles. The molecule has 17 heavy (non-hydrogen) atoms. The van der Waals surface area contributed by atoms with Crippen molar-refractivity contribution in [3.63, 3.8) is 0 Å². The molecule has 1 aliphatic heterocycles. The minimum Gasteiger partial charge on any atom is -0.481 e. The van der Waals surface area contributed by atoms with Gasteiger partial charge in [-0.3, -0.25) is 4.79 Å². The molecule has 5 nitrogen and oxygen atoms in total. The zero-order chi connectivity index (χ0) is 12.5. The average molecular weight is 235 g/mol. The van der Waals surface area contributed by atoms with Gasteiger partial charge in [-0.2, -0.15) is 0 Å². The molecule has 0 bridgehead atoms. The van der Waals surface area contributed by atoms with Crippen LogP contribution in [0.3, 0.4) is 0 Å². The number of carboxylic acid groups (broad SMARTS) is 1. The van der Waals surface area contributed by atoms with E-state index in [1.165, 1.54) is 0 Å². The molecule has 2 rings (SSSR count). The largest absolute Gasteiger partial charge is 0.481 e. The molecule has 1 atom stereocenters. The van der Waals surface area contributed by atoms with Crippen LogP contribution in [0.4, 0.5) is 5.95 Å². The Bertz CT molecular complexity index is 418. The van der Waals surface area contributed by atoms with E-state index in [0.29, 0.717) is 31.9 Å². The van der Waals surface area contributed by atoms with Crippen molar-refractivity contribution in [3.8, 4) is 0 Å². The number of aliphatic carboxylic acids is 1. The lowest BCUT2D eigenvalue weighted by Gasteiger charge is -2.22. The standard InChI is InChI=1S/C12H17N3O2/c1-3-12(10(16)17)4-5-15(8-12)11-13-6-9(2)7-14-11/h6-7H,3-5,8H2,1-2H3,(H,16,17). The number of carbonyl (C=O) groups is 1. The maximum absolute atomic E-state index is 11.3. The van der Waals surface area contributed by atoms with Crippen LogP contribution in [0.25, 0.3) is 0 Å². The quantitative estimate of drug-likeness (QED) is 0.859. The Hall–Kier alpha value is -1.65. The molecule has 0 spiro atoms. The monoisotopic (exact) mass is 235 g/mol. The second-order valence-corrected chi connectivity index (χ2v) is 4.67. The van der Waals surface area contributed by atoms with E-state index >= 15 is 0 Å². The molecule has 1 aromatic rings. The fourth-order valence-corrected chi connectivity index (χ4v) is 2.21. The molecular weight excluding hydrogens is 218 g/mol. The topological polar surface area (TPSA) is 66.3 Å². The molecule has 0 aliphatic carbocycles. The van der Waals surface area contributed by atoms with Crippen LogP contribution >= 0.6 is 0 Å². The second-order valence-electron chi connectivity index (χ2n) is 4.67. The van der Waals surface area contributed by atoms with Crippen LogP contribution in [-0.2, 0) is 4.79 Å². The maximum atomic E-state index is 11.3. The van der Waals surface area contributed by atoms with Gasteiger partial charge in [0.1, 0.15) is 0 Å². The summed E-state index contributed by atoms with van der Waals surface area (Å²) in [6.07, 6.45) is 4.82. The molecule has 1 aliphatic rings. The molecule has 0 amide bonds. The highest BCUT2D eigenvalue weighted by Crippen LogP contribution is 2.35. The Balaban J connectivity index is 2.17. The third kappa shape index (κ3) is 2.09. The first kappa shape index (κ1) is 11.8. The van der Waals surface area contributed by atoms with Gasteiger partial charge in [0.25, 0.3) is 0 Å². The summed E-state index contributed by atoms with van der Waals surface area (Å²) >= 11 is 0. The van der Waals surface area contributed by atoms with Crippen LogP contribution in [0.1, 0.15) is 25.3 Å². The van der Waals surface area contributed by atoms with Crippen molar-refractivity contribution in [1.82, 2.24) is 9.97 Å². The molecule has 0 aromatic carbocycles. The van der Waals surface area contributed by atoms with Gasteiger partial charge in [0.2, 0.25) is 5.95 Å². The second kappa shape index (κ2) is 4.31. The highest BCUT2D eigenvalue weighted by molar-refractivity contribution is 5.76. The van der Waals surface area contributed by atoms with E-state index in [4.69, 9.17) is 0 Å². The minimum absolute atomic E-state index is 0.502. The molecule has 5 heteroatoms. The van der Waals surface area contributed by atoms with Gasteiger partial charge >= 0.3 is 5.97 Å². The molecule has 1 saturated heterocycles. The third-order valence-corrected chi connectivity index (χ3v) is 3.53. The van der Waals surface area contributed by atoms with Gasteiger partial charge in [-0.25, -0.2) is 9.97 Å². The molecular formula is C12H17N3O2. The number of hydrogen-bond acceptors (Lipinski definition) is 4. The SMILES string of the molecule is CCC1(C(=O)O)CCN(c2ncc(C)cn2)C1. The Morgan fingerprint density at radius 3 is 2.65 bits per heavy atom. The van der Waals surface area contributed by atoms with Gasteiger partial charge in [0, 0.05) is 25.5 Å². The van der Waals surface area contributed by atoms with Crippen molar-refractivity contribution in [3.05, 3.63) is 18.0 Å². The van der Waals surface area contributed by atoms with Gasteiger partial charge in [0.05, 0.1) is 5.41 Å². The maximum Gasteiger partial charge on any atom is 0.311 e. The summed E-state index contributed by atoms with van der Waals surface area (Å²) in [5.74, 6) is -0.0817. The Morgan fingerprint density at radius 2 is 2.18 bits per heavy atom. The van der Waals surface area contributed by atoms with E-state index in [9.17, 15) is 9.90 Å². The number of aryl methyl sites for hydroxylation is 1. The van der Waals surface area contributed by atoms with Crippen molar-refractivity contribution < 1.29 is 9.90 Å².